The molecule has 1 fully saturated rings. The predicted octanol–water partition coefficient (Wildman–Crippen LogP) is 4.42. The Morgan fingerprint density at radius 1 is 0.935 bits per heavy atom. The van der Waals surface area contributed by atoms with Crippen molar-refractivity contribution in [3.8, 4) is 23.0 Å². The van der Waals surface area contributed by atoms with Crippen LogP contribution in [0, 0.1) is 16.0 Å². The maximum absolute atomic E-state index is 12.3. The Balaban J connectivity index is 2.10. The van der Waals surface area contributed by atoms with E-state index in [1.165, 1.54) is 21.3 Å². The molecule has 0 saturated carbocycles. The molecular weight excluding hydrogens is 426 g/mol. The number of hydrogen-bond acceptors (Lipinski definition) is 7. The summed E-state index contributed by atoms with van der Waals surface area (Å²) in [5.41, 5.74) is -0.145. The summed E-state index contributed by atoms with van der Waals surface area (Å²) in [5, 5.41) is 12.3. The van der Waals surface area contributed by atoms with Gasteiger partial charge in [0.05, 0.1) is 40.5 Å². The molecule has 1 heterocycles. The fourth-order valence-corrected chi connectivity index (χ4v) is 4.60. The molecule has 2 aromatic rings. The second kappa shape index (κ2) is 9.20. The summed E-state index contributed by atoms with van der Waals surface area (Å²) in [6.07, 6.45) is -1.48. The second-order valence-corrected chi connectivity index (χ2v) is 7.72. The van der Waals surface area contributed by atoms with Crippen LogP contribution in [-0.2, 0) is 4.74 Å². The van der Waals surface area contributed by atoms with Gasteiger partial charge in [0.15, 0.2) is 29.1 Å². The lowest BCUT2D eigenvalue weighted by Crippen LogP contribution is -2.45. The zero-order chi connectivity index (χ0) is 22.8. The summed E-state index contributed by atoms with van der Waals surface area (Å²) >= 11 is 6.29. The first kappa shape index (κ1) is 23.0. The van der Waals surface area contributed by atoms with Gasteiger partial charge in [-0.1, -0.05) is 12.1 Å². The smallest absolute Gasteiger partial charge is 0.256 e. The van der Waals surface area contributed by atoms with Crippen LogP contribution in [0.25, 0.3) is 0 Å². The van der Waals surface area contributed by atoms with Gasteiger partial charge in [0, 0.05) is 17.7 Å². The fraction of sp³-hybridized carbons (Fsp3) is 0.455. The number of rotatable bonds is 8. The third-order valence-electron chi connectivity index (χ3n) is 5.94. The Bertz CT molecular complexity index is 953. The van der Waals surface area contributed by atoms with E-state index in [1.807, 2.05) is 6.07 Å². The first-order valence-electron chi connectivity index (χ1n) is 9.65. The SMILES string of the molecule is COc1ccc([C@H]2O[C@@H](c3ccc(OC)c(OC)c3)[C@](C)([N+](=O)[O-])[C@@H]2CCl)cc1OC. The van der Waals surface area contributed by atoms with Gasteiger partial charge in [-0.05, 0) is 35.4 Å². The molecule has 31 heavy (non-hydrogen) atoms. The summed E-state index contributed by atoms with van der Waals surface area (Å²) in [4.78, 5) is 12.0. The molecule has 0 amide bonds. The average Bonchev–Trinajstić information content (AvgIpc) is 3.11. The minimum Gasteiger partial charge on any atom is -0.493 e. The van der Waals surface area contributed by atoms with Crippen molar-refractivity contribution in [2.75, 3.05) is 34.3 Å². The quantitative estimate of drug-likeness (QED) is 0.333. The Kier molecular flexibility index (Phi) is 6.81. The molecule has 168 valence electrons. The van der Waals surface area contributed by atoms with Gasteiger partial charge in [-0.25, -0.2) is 0 Å². The van der Waals surface area contributed by atoms with Gasteiger partial charge in [-0.2, -0.15) is 0 Å². The number of alkyl halides is 1. The van der Waals surface area contributed by atoms with E-state index in [-0.39, 0.29) is 10.8 Å². The van der Waals surface area contributed by atoms with Crippen LogP contribution < -0.4 is 18.9 Å². The predicted molar refractivity (Wildman–Crippen MR) is 115 cm³/mol. The highest BCUT2D eigenvalue weighted by Crippen LogP contribution is 2.55. The molecule has 1 aliphatic heterocycles. The van der Waals surface area contributed by atoms with Crippen molar-refractivity contribution in [2.45, 2.75) is 24.7 Å². The van der Waals surface area contributed by atoms with E-state index in [9.17, 15) is 10.1 Å². The van der Waals surface area contributed by atoms with Crippen LogP contribution in [0.1, 0.15) is 30.3 Å². The summed E-state index contributed by atoms with van der Waals surface area (Å²) in [7, 11) is 6.12. The minimum absolute atomic E-state index is 0.0419. The van der Waals surface area contributed by atoms with Crippen molar-refractivity contribution in [3.63, 3.8) is 0 Å². The largest absolute Gasteiger partial charge is 0.493 e. The standard InChI is InChI=1S/C22H26ClNO7/c1-22(24(25)26)15(12-23)20(13-6-8-16(27-2)18(10-13)29-4)31-21(22)14-7-9-17(28-3)19(11-14)30-5/h6-11,15,20-21H,12H2,1-5H3/t15-,20-,21+,22-/m1/s1. The summed E-state index contributed by atoms with van der Waals surface area (Å²) in [6.45, 7) is 1.57. The van der Waals surface area contributed by atoms with Gasteiger partial charge >= 0.3 is 0 Å². The number of ether oxygens (including phenoxy) is 5. The van der Waals surface area contributed by atoms with E-state index < -0.39 is 23.7 Å². The summed E-state index contributed by atoms with van der Waals surface area (Å²) in [6, 6.07) is 10.5. The van der Waals surface area contributed by atoms with Gasteiger partial charge in [0.25, 0.3) is 5.54 Å². The molecular formula is C22H26ClNO7. The first-order valence-corrected chi connectivity index (χ1v) is 10.2. The molecule has 0 N–H and O–H groups in total. The molecule has 0 unspecified atom stereocenters. The van der Waals surface area contributed by atoms with Crippen molar-refractivity contribution < 1.29 is 28.6 Å². The molecule has 1 saturated heterocycles. The molecule has 9 heteroatoms. The Morgan fingerprint density at radius 3 is 1.87 bits per heavy atom. The van der Waals surface area contributed by atoms with Crippen molar-refractivity contribution in [3.05, 3.63) is 57.6 Å². The molecule has 0 spiro atoms. The number of hydrogen-bond donors (Lipinski definition) is 0. The average molecular weight is 452 g/mol. The van der Waals surface area contributed by atoms with Crippen LogP contribution in [0.3, 0.4) is 0 Å². The Hall–Kier alpha value is -2.71. The molecule has 2 aromatic carbocycles. The van der Waals surface area contributed by atoms with Crippen LogP contribution in [0.15, 0.2) is 36.4 Å². The van der Waals surface area contributed by atoms with E-state index in [0.717, 1.165) is 5.56 Å². The third kappa shape index (κ3) is 3.85. The summed E-state index contributed by atoms with van der Waals surface area (Å²) in [5.74, 6) is 1.50. The van der Waals surface area contributed by atoms with Crippen LogP contribution >= 0.6 is 11.6 Å². The van der Waals surface area contributed by atoms with Crippen molar-refractivity contribution in [1.29, 1.82) is 0 Å². The maximum Gasteiger partial charge on any atom is 0.256 e. The highest BCUT2D eigenvalue weighted by atomic mass is 35.5. The highest BCUT2D eigenvalue weighted by Gasteiger charge is 2.63. The van der Waals surface area contributed by atoms with E-state index >= 15 is 0 Å². The zero-order valence-corrected chi connectivity index (χ0v) is 18.8. The molecule has 1 aliphatic rings. The zero-order valence-electron chi connectivity index (χ0n) is 18.1. The van der Waals surface area contributed by atoms with Crippen molar-refractivity contribution in [1.82, 2.24) is 0 Å². The minimum atomic E-state index is -1.47. The number of nitrogens with zero attached hydrogens (tertiary/aromatic N) is 1. The number of halogens is 1. The molecule has 3 rings (SSSR count). The van der Waals surface area contributed by atoms with E-state index in [0.29, 0.717) is 28.6 Å². The van der Waals surface area contributed by atoms with Crippen LogP contribution in [0.4, 0.5) is 0 Å². The summed E-state index contributed by atoms with van der Waals surface area (Å²) < 4.78 is 27.7. The van der Waals surface area contributed by atoms with Gasteiger partial charge < -0.3 is 23.7 Å². The first-order chi connectivity index (χ1) is 14.8. The topological polar surface area (TPSA) is 89.3 Å². The molecule has 0 aliphatic carbocycles. The van der Waals surface area contributed by atoms with Gasteiger partial charge in [0.2, 0.25) is 0 Å². The van der Waals surface area contributed by atoms with E-state index in [4.69, 9.17) is 35.3 Å². The van der Waals surface area contributed by atoms with Crippen LogP contribution in [0.5, 0.6) is 23.0 Å². The lowest BCUT2D eigenvalue weighted by atomic mass is 9.78. The Morgan fingerprint density at radius 2 is 1.42 bits per heavy atom. The normalized spacial score (nSPS) is 25.2. The third-order valence-corrected chi connectivity index (χ3v) is 6.27. The second-order valence-electron chi connectivity index (χ2n) is 7.41. The van der Waals surface area contributed by atoms with Gasteiger partial charge in [0.1, 0.15) is 0 Å². The van der Waals surface area contributed by atoms with E-state index in [2.05, 4.69) is 0 Å². The number of nitro groups is 1. The highest BCUT2D eigenvalue weighted by molar-refractivity contribution is 6.18. The Labute approximate surface area is 186 Å². The lowest BCUT2D eigenvalue weighted by Gasteiger charge is -2.26. The van der Waals surface area contributed by atoms with Gasteiger partial charge in [-0.15, -0.1) is 11.6 Å². The maximum atomic E-state index is 12.3. The monoisotopic (exact) mass is 451 g/mol. The number of benzene rings is 2. The van der Waals surface area contributed by atoms with Crippen molar-refractivity contribution in [2.24, 2.45) is 5.92 Å². The lowest BCUT2D eigenvalue weighted by molar-refractivity contribution is -0.579. The van der Waals surface area contributed by atoms with E-state index in [1.54, 1.807) is 44.4 Å². The molecule has 8 nitrogen and oxygen atoms in total. The fourth-order valence-electron chi connectivity index (χ4n) is 4.12. The van der Waals surface area contributed by atoms with Crippen molar-refractivity contribution >= 4 is 11.6 Å². The molecule has 0 bridgehead atoms. The number of methoxy groups -OCH3 is 4. The molecule has 4 atom stereocenters. The molecule has 0 aromatic heterocycles. The van der Waals surface area contributed by atoms with Crippen LogP contribution in [-0.4, -0.2) is 44.8 Å². The molecule has 0 radical (unpaired) electrons. The van der Waals surface area contributed by atoms with Crippen LogP contribution in [0.2, 0.25) is 0 Å². The van der Waals surface area contributed by atoms with Gasteiger partial charge in [-0.3, -0.25) is 10.1 Å².